The molecule has 1 atom stereocenters. The van der Waals surface area contributed by atoms with E-state index in [9.17, 15) is 4.79 Å². The Labute approximate surface area is 277 Å². The van der Waals surface area contributed by atoms with Gasteiger partial charge in [0.05, 0.1) is 35.1 Å². The van der Waals surface area contributed by atoms with E-state index in [4.69, 9.17) is 38.0 Å². The van der Waals surface area contributed by atoms with E-state index in [1.165, 1.54) is 0 Å². The number of nitrogens with one attached hydrogen (secondary N) is 3. The van der Waals surface area contributed by atoms with Crippen LogP contribution in [0.3, 0.4) is 0 Å². The van der Waals surface area contributed by atoms with Gasteiger partial charge < -0.3 is 30.4 Å². The number of aliphatic hydroxyl groups excluding tert-OH is 1. The third-order valence-corrected chi connectivity index (χ3v) is 9.12. The molecule has 46 heavy (non-hydrogen) atoms. The maximum atomic E-state index is 11.5. The molecule has 0 bridgehead atoms. The van der Waals surface area contributed by atoms with Gasteiger partial charge in [-0.05, 0) is 30.2 Å². The minimum atomic E-state index is 0.0984. The van der Waals surface area contributed by atoms with Crippen molar-refractivity contribution in [1.29, 1.82) is 0 Å². The standard InChI is InChI=1S/C35H36Cl2N6O3/c1-43-20-23(18-38-14-15-44)25-9-6-21(16-30(25)43)34-33(37)27(12-13-40-34)26-4-3-5-28(32(26)36)29-10-7-22(35(42-29)46-2)17-39-19-24-8-11-31(45)41-24/h3-7,9-10,12-13,16,20,24,38-39,44H,8,11,14-15,17-19H2,1-2H3,(H,41,45)/t24-/m0/s1. The number of hydrogen-bond acceptors (Lipinski definition) is 7. The fourth-order valence-electron chi connectivity index (χ4n) is 5.99. The predicted molar refractivity (Wildman–Crippen MR) is 183 cm³/mol. The maximum absolute atomic E-state index is 11.5. The van der Waals surface area contributed by atoms with Crippen molar-refractivity contribution in [3.8, 4) is 39.5 Å². The monoisotopic (exact) mass is 658 g/mol. The van der Waals surface area contributed by atoms with Gasteiger partial charge in [0, 0.05) is 96.8 Å². The van der Waals surface area contributed by atoms with E-state index in [0.29, 0.717) is 59.9 Å². The first kappa shape index (κ1) is 32.0. The average molecular weight is 660 g/mol. The molecule has 1 aliphatic rings. The van der Waals surface area contributed by atoms with Crippen LogP contribution >= 0.6 is 23.2 Å². The second kappa shape index (κ2) is 14.2. The Morgan fingerprint density at radius 3 is 2.61 bits per heavy atom. The Bertz CT molecular complexity index is 1890. The SMILES string of the molecule is COc1nc(-c2cccc(-c3ccnc(-c4ccc5c(CNCCO)cn(C)c5c4)c3Cl)c2Cl)ccc1CNC[C@@H]1CCC(=O)N1. The molecule has 9 nitrogen and oxygen atoms in total. The number of pyridine rings is 2. The zero-order valence-corrected chi connectivity index (χ0v) is 27.3. The van der Waals surface area contributed by atoms with Gasteiger partial charge in [0.2, 0.25) is 11.8 Å². The van der Waals surface area contributed by atoms with Crippen LogP contribution in [0.1, 0.15) is 24.0 Å². The number of amides is 1. The highest BCUT2D eigenvalue weighted by Crippen LogP contribution is 2.42. The molecule has 5 aromatic rings. The summed E-state index contributed by atoms with van der Waals surface area (Å²) < 4.78 is 7.73. The van der Waals surface area contributed by atoms with Gasteiger partial charge in [-0.25, -0.2) is 4.98 Å². The summed E-state index contributed by atoms with van der Waals surface area (Å²) >= 11 is 14.1. The summed E-state index contributed by atoms with van der Waals surface area (Å²) in [6.45, 7) is 2.55. The number of fused-ring (bicyclic) bond motifs is 1. The Balaban J connectivity index is 1.27. The molecule has 0 aliphatic carbocycles. The third kappa shape index (κ3) is 6.61. The van der Waals surface area contributed by atoms with Crippen LogP contribution in [-0.2, 0) is 24.9 Å². The summed E-state index contributed by atoms with van der Waals surface area (Å²) in [7, 11) is 3.62. The van der Waals surface area contributed by atoms with Gasteiger partial charge >= 0.3 is 0 Å². The number of benzene rings is 2. The van der Waals surface area contributed by atoms with Crippen LogP contribution < -0.4 is 20.7 Å². The number of aryl methyl sites for hydroxylation is 1. The van der Waals surface area contributed by atoms with Gasteiger partial charge in [-0.2, -0.15) is 0 Å². The molecule has 3 aromatic heterocycles. The lowest BCUT2D eigenvalue weighted by Crippen LogP contribution is -2.35. The summed E-state index contributed by atoms with van der Waals surface area (Å²) in [4.78, 5) is 20.9. The number of carbonyl (C=O) groups is 1. The topological polar surface area (TPSA) is 113 Å². The highest BCUT2D eigenvalue weighted by atomic mass is 35.5. The van der Waals surface area contributed by atoms with Gasteiger partial charge in [0.1, 0.15) is 0 Å². The minimum absolute atomic E-state index is 0.0984. The van der Waals surface area contributed by atoms with Crippen molar-refractivity contribution >= 4 is 40.0 Å². The van der Waals surface area contributed by atoms with Gasteiger partial charge in [0.15, 0.2) is 0 Å². The number of methoxy groups -OCH3 is 1. The average Bonchev–Trinajstić information content (AvgIpc) is 3.63. The van der Waals surface area contributed by atoms with Crippen molar-refractivity contribution < 1.29 is 14.6 Å². The maximum Gasteiger partial charge on any atom is 0.220 e. The first-order valence-electron chi connectivity index (χ1n) is 15.3. The van der Waals surface area contributed by atoms with E-state index in [0.717, 1.165) is 50.7 Å². The number of aromatic nitrogens is 3. The van der Waals surface area contributed by atoms with Crippen LogP contribution in [0.15, 0.2) is 67.0 Å². The lowest BCUT2D eigenvalue weighted by molar-refractivity contribution is -0.119. The van der Waals surface area contributed by atoms with Crippen LogP contribution in [0.25, 0.3) is 44.5 Å². The van der Waals surface area contributed by atoms with Crippen LogP contribution in [0.5, 0.6) is 5.88 Å². The molecule has 1 aliphatic heterocycles. The van der Waals surface area contributed by atoms with Crippen LogP contribution in [0.4, 0.5) is 0 Å². The highest BCUT2D eigenvalue weighted by Gasteiger charge is 2.21. The van der Waals surface area contributed by atoms with Gasteiger partial charge in [-0.15, -0.1) is 0 Å². The fourth-order valence-corrected chi connectivity index (χ4v) is 6.64. The van der Waals surface area contributed by atoms with Gasteiger partial charge in [0.25, 0.3) is 0 Å². The molecule has 4 heterocycles. The molecule has 11 heteroatoms. The number of hydrogen-bond donors (Lipinski definition) is 4. The molecule has 6 rings (SSSR count). The molecule has 4 N–H and O–H groups in total. The number of halogens is 2. The molecule has 1 amide bonds. The van der Waals surface area contributed by atoms with E-state index in [1.807, 2.05) is 49.5 Å². The number of carbonyl (C=O) groups excluding carboxylic acids is 1. The summed E-state index contributed by atoms with van der Waals surface area (Å²) in [6.07, 6.45) is 5.26. The number of aliphatic hydroxyl groups is 1. The van der Waals surface area contributed by atoms with Crippen molar-refractivity contribution in [2.75, 3.05) is 26.8 Å². The summed E-state index contributed by atoms with van der Waals surface area (Å²) in [5, 5.41) is 20.9. The molecule has 0 saturated carbocycles. The lowest BCUT2D eigenvalue weighted by atomic mass is 9.99. The molecule has 1 fully saturated rings. The van der Waals surface area contributed by atoms with E-state index in [2.05, 4.69) is 43.8 Å². The Kier molecular flexibility index (Phi) is 9.86. The van der Waals surface area contributed by atoms with Crippen molar-refractivity contribution in [1.82, 2.24) is 30.5 Å². The Hall–Kier alpha value is -3.99. The molecule has 0 radical (unpaired) electrons. The molecule has 238 valence electrons. The van der Waals surface area contributed by atoms with Crippen molar-refractivity contribution in [3.63, 3.8) is 0 Å². The fraction of sp³-hybridized carbons (Fsp3) is 0.286. The Morgan fingerprint density at radius 1 is 1.02 bits per heavy atom. The van der Waals surface area contributed by atoms with Crippen molar-refractivity contribution in [2.24, 2.45) is 7.05 Å². The summed E-state index contributed by atoms with van der Waals surface area (Å²) in [6, 6.07) is 18.0. The largest absolute Gasteiger partial charge is 0.481 e. The highest BCUT2D eigenvalue weighted by molar-refractivity contribution is 6.39. The van der Waals surface area contributed by atoms with Gasteiger partial charge in [-0.1, -0.05) is 59.6 Å². The first-order valence-corrected chi connectivity index (χ1v) is 16.0. The zero-order chi connectivity index (χ0) is 32.2. The molecule has 0 spiro atoms. The van der Waals surface area contributed by atoms with E-state index in [1.54, 1.807) is 13.3 Å². The van der Waals surface area contributed by atoms with Crippen molar-refractivity contribution in [3.05, 3.63) is 88.2 Å². The van der Waals surface area contributed by atoms with E-state index in [-0.39, 0.29) is 18.6 Å². The quantitative estimate of drug-likeness (QED) is 0.127. The summed E-state index contributed by atoms with van der Waals surface area (Å²) in [5.41, 5.74) is 7.67. The first-order chi connectivity index (χ1) is 22.4. The molecular formula is C35H36Cl2N6O3. The number of nitrogens with zero attached hydrogens (tertiary/aromatic N) is 3. The normalized spacial score (nSPS) is 14.6. The minimum Gasteiger partial charge on any atom is -0.481 e. The van der Waals surface area contributed by atoms with Crippen molar-refractivity contribution in [2.45, 2.75) is 32.0 Å². The second-order valence-corrected chi connectivity index (χ2v) is 12.1. The van der Waals surface area contributed by atoms with Gasteiger partial charge in [-0.3, -0.25) is 9.78 Å². The second-order valence-electron chi connectivity index (χ2n) is 11.4. The molecule has 2 aromatic carbocycles. The number of rotatable bonds is 12. The lowest BCUT2D eigenvalue weighted by Gasteiger charge is -2.15. The molecule has 0 unspecified atom stereocenters. The summed E-state index contributed by atoms with van der Waals surface area (Å²) in [5.74, 6) is 0.611. The zero-order valence-electron chi connectivity index (χ0n) is 25.7. The third-order valence-electron chi connectivity index (χ3n) is 8.33. The van der Waals surface area contributed by atoms with E-state index < -0.39 is 0 Å². The van der Waals surface area contributed by atoms with Crippen LogP contribution in [0, 0.1) is 0 Å². The predicted octanol–water partition coefficient (Wildman–Crippen LogP) is 5.73. The van der Waals surface area contributed by atoms with E-state index >= 15 is 0 Å². The number of ether oxygens (including phenoxy) is 1. The van der Waals surface area contributed by atoms with Crippen LogP contribution in [0.2, 0.25) is 10.0 Å². The molecule has 1 saturated heterocycles. The smallest absolute Gasteiger partial charge is 0.220 e. The Morgan fingerprint density at radius 2 is 1.83 bits per heavy atom. The van der Waals surface area contributed by atoms with Crippen LogP contribution in [-0.4, -0.2) is 58.4 Å². The molecular weight excluding hydrogens is 623 g/mol.